The summed E-state index contributed by atoms with van der Waals surface area (Å²) in [6.45, 7) is 5.81. The maximum atomic E-state index is 12.9. The summed E-state index contributed by atoms with van der Waals surface area (Å²) in [6, 6.07) is 10.3. The van der Waals surface area contributed by atoms with Crippen molar-refractivity contribution in [2.24, 2.45) is 0 Å². The molecule has 172 valence electrons. The topological polar surface area (TPSA) is 78.8 Å². The number of alkyl halides is 3. The van der Waals surface area contributed by atoms with E-state index >= 15 is 0 Å². The summed E-state index contributed by atoms with van der Waals surface area (Å²) in [5.41, 5.74) is 2.66. The minimum absolute atomic E-state index is 0.272. The van der Waals surface area contributed by atoms with Crippen LogP contribution in [0.5, 0.6) is 0 Å². The number of fused-ring (bicyclic) bond motifs is 1. The van der Waals surface area contributed by atoms with Crippen LogP contribution in [0.1, 0.15) is 35.5 Å². The van der Waals surface area contributed by atoms with Crippen LogP contribution < -0.4 is 10.2 Å². The van der Waals surface area contributed by atoms with E-state index in [1.54, 1.807) is 19.1 Å². The highest BCUT2D eigenvalue weighted by Gasteiger charge is 2.30. The lowest BCUT2D eigenvalue weighted by Crippen LogP contribution is -2.26. The summed E-state index contributed by atoms with van der Waals surface area (Å²) in [4.78, 5) is 22.7. The number of aromatic amines is 1. The van der Waals surface area contributed by atoms with E-state index in [0.29, 0.717) is 22.6 Å². The molecule has 0 bridgehead atoms. The Kier molecular flexibility index (Phi) is 5.61. The van der Waals surface area contributed by atoms with Crippen molar-refractivity contribution < 1.29 is 18.0 Å². The predicted molar refractivity (Wildman–Crippen MR) is 121 cm³/mol. The second kappa shape index (κ2) is 8.27. The van der Waals surface area contributed by atoms with Crippen molar-refractivity contribution in [1.82, 2.24) is 19.7 Å². The molecule has 2 N–H and O–H groups in total. The van der Waals surface area contributed by atoms with Crippen molar-refractivity contribution in [3.05, 3.63) is 65.5 Å². The summed E-state index contributed by atoms with van der Waals surface area (Å²) in [6.07, 6.45) is -3.02. The number of amides is 1. The lowest BCUT2D eigenvalue weighted by atomic mass is 10.2. The van der Waals surface area contributed by atoms with Crippen molar-refractivity contribution in [2.75, 3.05) is 17.3 Å². The van der Waals surface area contributed by atoms with Crippen molar-refractivity contribution in [3.63, 3.8) is 0 Å². The molecule has 0 fully saturated rings. The molecule has 0 unspecified atom stereocenters. The number of rotatable bonds is 5. The van der Waals surface area contributed by atoms with Gasteiger partial charge in [-0.15, -0.1) is 0 Å². The zero-order valence-corrected chi connectivity index (χ0v) is 18.5. The number of halogens is 3. The maximum absolute atomic E-state index is 12.9. The van der Waals surface area contributed by atoms with E-state index in [1.807, 2.05) is 18.0 Å². The van der Waals surface area contributed by atoms with Gasteiger partial charge in [-0.25, -0.2) is 9.67 Å². The van der Waals surface area contributed by atoms with Crippen molar-refractivity contribution in [2.45, 2.75) is 33.0 Å². The highest BCUT2D eigenvalue weighted by molar-refractivity contribution is 6.05. The van der Waals surface area contributed by atoms with Gasteiger partial charge in [0.2, 0.25) is 5.95 Å². The van der Waals surface area contributed by atoms with Crippen LogP contribution in [0.3, 0.4) is 0 Å². The maximum Gasteiger partial charge on any atom is 0.416 e. The van der Waals surface area contributed by atoms with E-state index in [0.717, 1.165) is 29.1 Å². The minimum Gasteiger partial charge on any atom is -0.343 e. The third kappa shape index (κ3) is 4.41. The standard InChI is InChI=1S/C23H23F3N6O/c1-13(2)31(4)22-29-19-10-7-16(11-20(19)30-22)28-21(33)18-12-27-32(14(18)3)17-8-5-15(6-9-17)23(24,25)26/h5-13H,1-4H3,(H,28,33)(H,29,30). The first-order valence-electron chi connectivity index (χ1n) is 10.3. The molecule has 4 rings (SSSR count). The van der Waals surface area contributed by atoms with Gasteiger partial charge in [0, 0.05) is 18.8 Å². The van der Waals surface area contributed by atoms with Crippen LogP contribution in [0.25, 0.3) is 16.7 Å². The first-order valence-corrected chi connectivity index (χ1v) is 10.3. The lowest BCUT2D eigenvalue weighted by Gasteiger charge is -2.19. The minimum atomic E-state index is -4.41. The SMILES string of the molecule is Cc1c(C(=O)Nc2ccc3nc(N(C)C(C)C)[nH]c3c2)cnn1-c1ccc(C(F)(F)F)cc1. The molecule has 0 spiro atoms. The molecule has 0 saturated heterocycles. The van der Waals surface area contributed by atoms with Gasteiger partial charge in [-0.05, 0) is 63.2 Å². The zero-order valence-electron chi connectivity index (χ0n) is 18.5. The molecule has 2 aromatic carbocycles. The number of anilines is 2. The monoisotopic (exact) mass is 456 g/mol. The number of hydrogen-bond acceptors (Lipinski definition) is 4. The van der Waals surface area contributed by atoms with Gasteiger partial charge < -0.3 is 15.2 Å². The van der Waals surface area contributed by atoms with E-state index in [-0.39, 0.29) is 11.9 Å². The largest absolute Gasteiger partial charge is 0.416 e. The molecule has 0 saturated carbocycles. The van der Waals surface area contributed by atoms with E-state index in [1.165, 1.54) is 23.0 Å². The van der Waals surface area contributed by atoms with Gasteiger partial charge in [-0.2, -0.15) is 18.3 Å². The van der Waals surface area contributed by atoms with E-state index in [9.17, 15) is 18.0 Å². The Bertz CT molecular complexity index is 1300. The highest BCUT2D eigenvalue weighted by Crippen LogP contribution is 2.30. The van der Waals surface area contributed by atoms with Crippen LogP contribution >= 0.6 is 0 Å². The van der Waals surface area contributed by atoms with Gasteiger partial charge >= 0.3 is 6.18 Å². The molecule has 0 aliphatic carbocycles. The fraction of sp³-hybridized carbons (Fsp3) is 0.261. The second-order valence-electron chi connectivity index (χ2n) is 8.05. The molecule has 33 heavy (non-hydrogen) atoms. The molecular weight excluding hydrogens is 433 g/mol. The third-order valence-corrected chi connectivity index (χ3v) is 5.53. The van der Waals surface area contributed by atoms with Crippen LogP contribution in [0.15, 0.2) is 48.7 Å². The lowest BCUT2D eigenvalue weighted by molar-refractivity contribution is -0.137. The average molecular weight is 456 g/mol. The number of imidazole rings is 1. The van der Waals surface area contributed by atoms with E-state index < -0.39 is 11.7 Å². The Morgan fingerprint density at radius 1 is 1.15 bits per heavy atom. The average Bonchev–Trinajstić information content (AvgIpc) is 3.35. The number of carbonyl (C=O) groups excluding carboxylic acids is 1. The molecule has 4 aromatic rings. The molecule has 2 aromatic heterocycles. The first-order chi connectivity index (χ1) is 15.5. The van der Waals surface area contributed by atoms with Crippen LogP contribution in [0.4, 0.5) is 24.8 Å². The Hall–Kier alpha value is -3.82. The fourth-order valence-corrected chi connectivity index (χ4v) is 3.37. The molecule has 1 amide bonds. The molecule has 0 atom stereocenters. The van der Waals surface area contributed by atoms with Gasteiger partial charge in [0.25, 0.3) is 5.91 Å². The number of H-pyrrole nitrogens is 1. The van der Waals surface area contributed by atoms with Crippen LogP contribution in [0, 0.1) is 6.92 Å². The molecular formula is C23H23F3N6O. The van der Waals surface area contributed by atoms with Gasteiger partial charge in [-0.1, -0.05) is 0 Å². The third-order valence-electron chi connectivity index (χ3n) is 5.53. The Morgan fingerprint density at radius 2 is 1.85 bits per heavy atom. The number of aromatic nitrogens is 4. The Labute approximate surface area is 188 Å². The van der Waals surface area contributed by atoms with Crippen molar-refractivity contribution in [1.29, 1.82) is 0 Å². The van der Waals surface area contributed by atoms with Crippen molar-refractivity contribution >= 4 is 28.6 Å². The summed E-state index contributed by atoms with van der Waals surface area (Å²) in [5, 5.41) is 7.03. The van der Waals surface area contributed by atoms with Gasteiger partial charge in [-0.3, -0.25) is 4.79 Å². The number of carbonyl (C=O) groups is 1. The highest BCUT2D eigenvalue weighted by atomic mass is 19.4. The Balaban J connectivity index is 1.54. The van der Waals surface area contributed by atoms with Gasteiger partial charge in [0.15, 0.2) is 0 Å². The smallest absolute Gasteiger partial charge is 0.343 e. The number of nitrogens with zero attached hydrogens (tertiary/aromatic N) is 4. The first kappa shape index (κ1) is 22.4. The second-order valence-corrected chi connectivity index (χ2v) is 8.05. The van der Waals surface area contributed by atoms with E-state index in [2.05, 4.69) is 34.2 Å². The summed E-state index contributed by atoms with van der Waals surface area (Å²) >= 11 is 0. The Morgan fingerprint density at radius 3 is 2.48 bits per heavy atom. The summed E-state index contributed by atoms with van der Waals surface area (Å²) in [7, 11) is 1.95. The number of hydrogen-bond donors (Lipinski definition) is 2. The van der Waals surface area contributed by atoms with E-state index in [4.69, 9.17) is 0 Å². The quantitative estimate of drug-likeness (QED) is 0.434. The van der Waals surface area contributed by atoms with Crippen LogP contribution in [0.2, 0.25) is 0 Å². The van der Waals surface area contributed by atoms with Crippen LogP contribution in [-0.2, 0) is 6.18 Å². The summed E-state index contributed by atoms with van der Waals surface area (Å²) in [5.74, 6) is 0.362. The molecule has 2 heterocycles. The number of benzene rings is 2. The molecule has 0 aliphatic heterocycles. The molecule has 0 radical (unpaired) electrons. The zero-order chi connectivity index (χ0) is 23.9. The normalized spacial score (nSPS) is 11.9. The van der Waals surface area contributed by atoms with Crippen molar-refractivity contribution in [3.8, 4) is 5.69 Å². The molecule has 0 aliphatic rings. The van der Waals surface area contributed by atoms with Gasteiger partial charge in [0.05, 0.1) is 39.7 Å². The van der Waals surface area contributed by atoms with Crippen LogP contribution in [-0.4, -0.2) is 38.7 Å². The fourth-order valence-electron chi connectivity index (χ4n) is 3.37. The number of nitrogens with one attached hydrogen (secondary N) is 2. The molecule has 7 nitrogen and oxygen atoms in total. The summed E-state index contributed by atoms with van der Waals surface area (Å²) < 4.78 is 39.9. The molecule has 10 heteroatoms. The predicted octanol–water partition coefficient (Wildman–Crippen LogP) is 5.17. The van der Waals surface area contributed by atoms with Gasteiger partial charge in [0.1, 0.15) is 0 Å².